The lowest BCUT2D eigenvalue weighted by Gasteiger charge is -2.09. The quantitative estimate of drug-likeness (QED) is 0.209. The van der Waals surface area contributed by atoms with Crippen LogP contribution in [0.2, 0.25) is 0 Å². The Kier molecular flexibility index (Phi) is 4.39. The molecule has 33 heavy (non-hydrogen) atoms. The minimum atomic E-state index is -1.65. The number of fused-ring (bicyclic) bond motifs is 3. The predicted octanol–water partition coefficient (Wildman–Crippen LogP) is 7.80. The molecule has 0 fully saturated rings. The average molecular weight is 435 g/mol. The largest absolute Gasteiger partial charge is 0.456 e. The minimum absolute atomic E-state index is 0.169. The molecule has 162 valence electrons. The Balaban J connectivity index is 1.87. The first-order valence-electron chi connectivity index (χ1n) is 12.6. The van der Waals surface area contributed by atoms with Gasteiger partial charge in [-0.25, -0.2) is 9.41 Å². The summed E-state index contributed by atoms with van der Waals surface area (Å²) in [7, 11) is 1.87. The van der Waals surface area contributed by atoms with Gasteiger partial charge in [0, 0.05) is 31.2 Å². The van der Waals surface area contributed by atoms with Crippen molar-refractivity contribution < 1.29 is 13.1 Å². The van der Waals surface area contributed by atoms with Gasteiger partial charge in [-0.2, -0.15) is 0 Å². The molecule has 0 aliphatic carbocycles. The lowest BCUT2D eigenvalue weighted by atomic mass is 9.96. The average Bonchev–Trinajstić information content (AvgIpc) is 3.22. The number of aromatic nitrogens is 1. The zero-order chi connectivity index (χ0) is 25.8. The van der Waals surface area contributed by atoms with Crippen LogP contribution in [-0.2, 0) is 13.4 Å². The number of aryl methyl sites for hydroxylation is 2. The van der Waals surface area contributed by atoms with E-state index < -0.39 is 6.37 Å². The number of benzene rings is 3. The molecule has 0 unspecified atom stereocenters. The molecule has 0 spiro atoms. The van der Waals surface area contributed by atoms with Gasteiger partial charge in [-0.05, 0) is 35.9 Å². The van der Waals surface area contributed by atoms with Crippen molar-refractivity contribution in [3.05, 3.63) is 95.4 Å². The van der Waals surface area contributed by atoms with Crippen molar-refractivity contribution in [2.45, 2.75) is 27.1 Å². The zero-order valence-electron chi connectivity index (χ0n) is 22.2. The molecule has 5 rings (SSSR count). The van der Waals surface area contributed by atoms with Gasteiger partial charge in [-0.3, -0.25) is 0 Å². The summed E-state index contributed by atoms with van der Waals surface area (Å²) in [6, 6.07) is 19.6. The third kappa shape index (κ3) is 3.58. The molecule has 0 radical (unpaired) electrons. The standard InChI is InChI=1S/C30H27N2O/c1-19(2)17-21-15-16-32(5)26(18-21)27-20(3)11-12-23-24-13-14-25(31-4)28(30(24)33-29(23)27)22-9-7-6-8-10-22/h6-16,18-19H,17H2,1-3,5H3/q+1/i15D,17D2. The van der Waals surface area contributed by atoms with E-state index in [0.717, 1.165) is 38.7 Å². The molecule has 0 aliphatic heterocycles. The molecule has 0 atom stereocenters. The summed E-state index contributed by atoms with van der Waals surface area (Å²) in [6.45, 7) is 13.4. The minimum Gasteiger partial charge on any atom is -0.456 e. The highest BCUT2D eigenvalue weighted by molar-refractivity contribution is 6.15. The highest BCUT2D eigenvalue weighted by Gasteiger charge is 2.23. The van der Waals surface area contributed by atoms with Crippen molar-refractivity contribution in [1.82, 2.24) is 0 Å². The van der Waals surface area contributed by atoms with E-state index in [1.54, 1.807) is 12.3 Å². The van der Waals surface area contributed by atoms with E-state index in [4.69, 9.17) is 15.1 Å². The highest BCUT2D eigenvalue weighted by atomic mass is 16.3. The summed E-state index contributed by atoms with van der Waals surface area (Å²) in [6.07, 6.45) is 0.0130. The summed E-state index contributed by atoms with van der Waals surface area (Å²) < 4.78 is 34.3. The van der Waals surface area contributed by atoms with Crippen LogP contribution in [0.3, 0.4) is 0 Å². The maximum Gasteiger partial charge on any atom is 0.216 e. The number of nitrogens with zero attached hydrogens (tertiary/aromatic N) is 2. The topological polar surface area (TPSA) is 21.4 Å². The summed E-state index contributed by atoms with van der Waals surface area (Å²) >= 11 is 0. The second kappa shape index (κ2) is 8.22. The molecule has 0 aliphatic rings. The first-order chi connectivity index (χ1) is 17.1. The van der Waals surface area contributed by atoms with Crippen LogP contribution in [0.25, 0.3) is 49.2 Å². The van der Waals surface area contributed by atoms with Gasteiger partial charge < -0.3 is 4.42 Å². The van der Waals surface area contributed by atoms with Crippen LogP contribution in [0.1, 0.15) is 29.1 Å². The van der Waals surface area contributed by atoms with Crippen molar-refractivity contribution in [3.63, 3.8) is 0 Å². The van der Waals surface area contributed by atoms with Gasteiger partial charge in [-0.15, -0.1) is 0 Å². The third-order valence-corrected chi connectivity index (χ3v) is 5.95. The second-order valence-corrected chi connectivity index (χ2v) is 8.68. The molecule has 0 bridgehead atoms. The Hall–Kier alpha value is -3.90. The molecule has 0 amide bonds. The molecular formula is C30H27N2O+. The van der Waals surface area contributed by atoms with Crippen molar-refractivity contribution in [2.75, 3.05) is 0 Å². The van der Waals surface area contributed by atoms with E-state index in [-0.39, 0.29) is 12.0 Å². The molecular weight excluding hydrogens is 404 g/mol. The van der Waals surface area contributed by atoms with Gasteiger partial charge in [0.15, 0.2) is 11.9 Å². The summed E-state index contributed by atoms with van der Waals surface area (Å²) in [5.74, 6) is -0.286. The van der Waals surface area contributed by atoms with Gasteiger partial charge in [0.2, 0.25) is 5.69 Å². The molecule has 5 aromatic rings. The van der Waals surface area contributed by atoms with Gasteiger partial charge in [-0.1, -0.05) is 68.4 Å². The Labute approximate surface area is 199 Å². The SMILES string of the molecule is [2H]c1c[n+](C)c(-c2c(C)ccc3c2oc2c(-c4ccccc4)c([N+]#[C-])ccc23)cc1C([2H])([2H])C(C)C. The van der Waals surface area contributed by atoms with Gasteiger partial charge >= 0.3 is 0 Å². The van der Waals surface area contributed by atoms with Crippen LogP contribution in [0.4, 0.5) is 5.69 Å². The van der Waals surface area contributed by atoms with Gasteiger partial charge in [0.25, 0.3) is 0 Å². The fourth-order valence-electron chi connectivity index (χ4n) is 4.45. The van der Waals surface area contributed by atoms with Crippen LogP contribution < -0.4 is 4.57 Å². The fraction of sp³-hybridized carbons (Fsp3) is 0.200. The summed E-state index contributed by atoms with van der Waals surface area (Å²) in [5.41, 5.74) is 6.55. The molecule has 2 aromatic heterocycles. The molecule has 3 nitrogen and oxygen atoms in total. The normalized spacial score (nSPS) is 13.2. The number of furan rings is 1. The lowest BCUT2D eigenvalue weighted by molar-refractivity contribution is -0.660. The fourth-order valence-corrected chi connectivity index (χ4v) is 4.45. The van der Waals surface area contributed by atoms with Crippen LogP contribution in [0, 0.1) is 19.4 Å². The molecule has 3 aromatic carbocycles. The number of hydrogen-bond acceptors (Lipinski definition) is 1. The number of rotatable bonds is 4. The van der Waals surface area contributed by atoms with Crippen molar-refractivity contribution in [1.29, 1.82) is 0 Å². The van der Waals surface area contributed by atoms with E-state index in [0.29, 0.717) is 22.4 Å². The first kappa shape index (κ1) is 17.6. The molecule has 3 heteroatoms. The van der Waals surface area contributed by atoms with Crippen molar-refractivity contribution >= 4 is 27.6 Å². The first-order valence-corrected chi connectivity index (χ1v) is 11.1. The van der Waals surface area contributed by atoms with E-state index in [1.807, 2.05) is 87.0 Å². The molecule has 0 saturated heterocycles. The summed E-state index contributed by atoms with van der Waals surface area (Å²) in [5, 5.41) is 1.86. The van der Waals surface area contributed by atoms with Crippen molar-refractivity contribution in [3.8, 4) is 22.4 Å². The molecule has 2 heterocycles. The number of pyridine rings is 1. The summed E-state index contributed by atoms with van der Waals surface area (Å²) in [4.78, 5) is 3.77. The number of hydrogen-bond donors (Lipinski definition) is 0. The smallest absolute Gasteiger partial charge is 0.216 e. The van der Waals surface area contributed by atoms with Crippen LogP contribution in [0.15, 0.2) is 77.3 Å². The second-order valence-electron chi connectivity index (χ2n) is 8.68. The monoisotopic (exact) mass is 434 g/mol. The Morgan fingerprint density at radius 3 is 2.42 bits per heavy atom. The lowest BCUT2D eigenvalue weighted by Crippen LogP contribution is -2.31. The van der Waals surface area contributed by atoms with Gasteiger partial charge in [0.05, 0.1) is 13.5 Å². The van der Waals surface area contributed by atoms with Crippen molar-refractivity contribution in [2.24, 2.45) is 13.0 Å². The Morgan fingerprint density at radius 1 is 1.03 bits per heavy atom. The third-order valence-electron chi connectivity index (χ3n) is 5.95. The van der Waals surface area contributed by atoms with Crippen LogP contribution in [0.5, 0.6) is 0 Å². The van der Waals surface area contributed by atoms with E-state index in [1.165, 1.54) is 0 Å². The van der Waals surface area contributed by atoms with E-state index in [9.17, 15) is 0 Å². The van der Waals surface area contributed by atoms with E-state index in [2.05, 4.69) is 4.85 Å². The maximum absolute atomic E-state index is 8.65. The van der Waals surface area contributed by atoms with Gasteiger partial charge in [0.1, 0.15) is 18.2 Å². The Morgan fingerprint density at radius 2 is 1.73 bits per heavy atom. The molecule has 0 saturated carbocycles. The predicted molar refractivity (Wildman–Crippen MR) is 135 cm³/mol. The molecule has 0 N–H and O–H groups in total. The van der Waals surface area contributed by atoms with Crippen LogP contribution in [-0.4, -0.2) is 0 Å². The van der Waals surface area contributed by atoms with E-state index >= 15 is 0 Å². The highest BCUT2D eigenvalue weighted by Crippen LogP contribution is 2.44. The Bertz CT molecular complexity index is 1680. The van der Waals surface area contributed by atoms with Crippen LogP contribution >= 0.6 is 0 Å². The maximum atomic E-state index is 8.65. The zero-order valence-corrected chi connectivity index (χ0v) is 19.2.